The molecule has 0 aliphatic carbocycles. The van der Waals surface area contributed by atoms with Gasteiger partial charge in [0.25, 0.3) is 0 Å². The molecule has 1 aliphatic rings. The molecule has 0 aromatic heterocycles. The second-order valence-corrected chi connectivity index (χ2v) is 22.5. The number of ether oxygens (including phenoxy) is 3. The first-order chi connectivity index (χ1) is 39.7. The molecule has 6 N–H and O–H groups in total. The molecule has 0 spiro atoms. The molecule has 466 valence electrons. The van der Waals surface area contributed by atoms with Gasteiger partial charge < -0.3 is 45.1 Å². The molecular formula is C70H121NO10. The van der Waals surface area contributed by atoms with E-state index in [0.29, 0.717) is 12.8 Å². The van der Waals surface area contributed by atoms with Gasteiger partial charge in [0.15, 0.2) is 12.4 Å². The third-order valence-electron chi connectivity index (χ3n) is 15.0. The summed E-state index contributed by atoms with van der Waals surface area (Å²) in [5.41, 5.74) is 0. The van der Waals surface area contributed by atoms with E-state index in [9.17, 15) is 35.1 Å². The fraction of sp³-hybridized carbons (Fsp3) is 0.743. The Hall–Kier alpha value is -3.42. The van der Waals surface area contributed by atoms with E-state index >= 15 is 0 Å². The lowest BCUT2D eigenvalue weighted by Crippen LogP contribution is -2.61. The number of hydrogen-bond acceptors (Lipinski definition) is 10. The minimum absolute atomic E-state index is 0.0965. The molecule has 8 atom stereocenters. The van der Waals surface area contributed by atoms with E-state index in [1.807, 2.05) is 24.3 Å². The summed E-state index contributed by atoms with van der Waals surface area (Å²) in [6.45, 7) is 5.62. The van der Waals surface area contributed by atoms with Crippen LogP contribution in [0, 0.1) is 0 Å². The van der Waals surface area contributed by atoms with Crippen LogP contribution >= 0.6 is 0 Å². The highest BCUT2D eigenvalue weighted by atomic mass is 16.7. The number of unbranched alkanes of at least 4 members (excludes halogenated alkanes) is 29. The van der Waals surface area contributed by atoms with Crippen molar-refractivity contribution in [3.05, 3.63) is 97.2 Å². The average molecular weight is 1140 g/mol. The molecule has 0 aromatic carbocycles. The van der Waals surface area contributed by atoms with E-state index in [4.69, 9.17) is 14.2 Å². The van der Waals surface area contributed by atoms with Gasteiger partial charge in [0.1, 0.15) is 24.4 Å². The van der Waals surface area contributed by atoms with Crippen LogP contribution in [0.2, 0.25) is 0 Å². The lowest BCUT2D eigenvalue weighted by atomic mass is 9.99. The van der Waals surface area contributed by atoms with Crippen molar-refractivity contribution in [2.75, 3.05) is 13.2 Å². The Balaban J connectivity index is 2.61. The molecule has 1 amide bonds. The number of aliphatic hydroxyl groups is 5. The summed E-state index contributed by atoms with van der Waals surface area (Å²) in [6.07, 6.45) is 65.9. The Morgan fingerprint density at radius 3 is 1.46 bits per heavy atom. The molecule has 0 aromatic rings. The van der Waals surface area contributed by atoms with Crippen LogP contribution in [-0.4, -0.2) is 99.6 Å². The quantitative estimate of drug-likeness (QED) is 0.0149. The van der Waals surface area contributed by atoms with Gasteiger partial charge in [0, 0.05) is 6.42 Å². The van der Waals surface area contributed by atoms with E-state index in [0.717, 1.165) is 103 Å². The predicted molar refractivity (Wildman–Crippen MR) is 338 cm³/mol. The maximum absolute atomic E-state index is 13.5. The van der Waals surface area contributed by atoms with Gasteiger partial charge in [-0.15, -0.1) is 0 Å². The number of carbonyl (C=O) groups excluding carboxylic acids is 2. The number of nitrogens with one attached hydrogen (secondary N) is 1. The van der Waals surface area contributed by atoms with E-state index < -0.39 is 67.4 Å². The number of allylic oxidation sites excluding steroid dienone is 15. The Labute approximate surface area is 495 Å². The van der Waals surface area contributed by atoms with Gasteiger partial charge in [-0.05, 0) is 89.9 Å². The highest BCUT2D eigenvalue weighted by Crippen LogP contribution is 2.26. The lowest BCUT2D eigenvalue weighted by molar-refractivity contribution is -0.305. The Bertz CT molecular complexity index is 1690. The Morgan fingerprint density at radius 2 is 0.938 bits per heavy atom. The van der Waals surface area contributed by atoms with Crippen molar-refractivity contribution in [3.63, 3.8) is 0 Å². The number of aliphatic hydroxyl groups excluding tert-OH is 5. The summed E-state index contributed by atoms with van der Waals surface area (Å²) in [5.74, 6) is -1.22. The Morgan fingerprint density at radius 1 is 0.506 bits per heavy atom. The van der Waals surface area contributed by atoms with Crippen LogP contribution in [0.25, 0.3) is 0 Å². The van der Waals surface area contributed by atoms with Gasteiger partial charge in [-0.2, -0.15) is 0 Å². The fourth-order valence-electron chi connectivity index (χ4n) is 9.81. The first kappa shape index (κ1) is 75.6. The van der Waals surface area contributed by atoms with E-state index in [1.165, 1.54) is 122 Å². The summed E-state index contributed by atoms with van der Waals surface area (Å²) in [6, 6.07) is -1.04. The topological polar surface area (TPSA) is 175 Å². The molecule has 1 aliphatic heterocycles. The lowest BCUT2D eigenvalue weighted by Gasteiger charge is -2.41. The summed E-state index contributed by atoms with van der Waals surface area (Å²) in [4.78, 5) is 26.6. The van der Waals surface area contributed by atoms with Gasteiger partial charge >= 0.3 is 5.97 Å². The molecule has 0 radical (unpaired) electrons. The van der Waals surface area contributed by atoms with Crippen molar-refractivity contribution in [1.29, 1.82) is 0 Å². The van der Waals surface area contributed by atoms with Crippen LogP contribution < -0.4 is 5.32 Å². The van der Waals surface area contributed by atoms with Crippen LogP contribution in [0.3, 0.4) is 0 Å². The number of hydrogen-bond donors (Lipinski definition) is 6. The zero-order valence-corrected chi connectivity index (χ0v) is 51.6. The van der Waals surface area contributed by atoms with Gasteiger partial charge in [0.05, 0.1) is 25.4 Å². The fourth-order valence-corrected chi connectivity index (χ4v) is 9.81. The first-order valence-electron chi connectivity index (χ1n) is 33.0. The highest BCUT2D eigenvalue weighted by molar-refractivity contribution is 5.80. The molecule has 8 unspecified atom stereocenters. The maximum atomic E-state index is 13.5. The maximum Gasteiger partial charge on any atom is 0.306 e. The van der Waals surface area contributed by atoms with Gasteiger partial charge in [-0.3, -0.25) is 9.59 Å². The van der Waals surface area contributed by atoms with Crippen LogP contribution in [0.1, 0.15) is 271 Å². The van der Waals surface area contributed by atoms with E-state index in [1.54, 1.807) is 6.08 Å². The zero-order chi connectivity index (χ0) is 58.9. The van der Waals surface area contributed by atoms with Crippen LogP contribution in [0.5, 0.6) is 0 Å². The molecule has 0 saturated carbocycles. The van der Waals surface area contributed by atoms with Crippen LogP contribution in [-0.2, 0) is 23.8 Å². The predicted octanol–water partition coefficient (Wildman–Crippen LogP) is 16.3. The minimum Gasteiger partial charge on any atom is -0.454 e. The summed E-state index contributed by atoms with van der Waals surface area (Å²) < 4.78 is 17.6. The van der Waals surface area contributed by atoms with Gasteiger partial charge in [-0.1, -0.05) is 272 Å². The molecule has 11 heteroatoms. The van der Waals surface area contributed by atoms with Crippen molar-refractivity contribution in [1.82, 2.24) is 5.32 Å². The zero-order valence-electron chi connectivity index (χ0n) is 51.6. The number of esters is 1. The average Bonchev–Trinajstić information content (AvgIpc) is 3.50. The molecule has 81 heavy (non-hydrogen) atoms. The Kier molecular flexibility index (Phi) is 53.2. The van der Waals surface area contributed by atoms with Crippen molar-refractivity contribution in [2.24, 2.45) is 0 Å². The third kappa shape index (κ3) is 44.7. The number of amides is 1. The molecule has 0 bridgehead atoms. The first-order valence-corrected chi connectivity index (χ1v) is 33.0. The summed E-state index contributed by atoms with van der Waals surface area (Å²) in [5, 5.41) is 57.1. The van der Waals surface area contributed by atoms with Crippen molar-refractivity contribution < 1.29 is 49.3 Å². The largest absolute Gasteiger partial charge is 0.454 e. The normalized spacial score (nSPS) is 19.3. The standard InChI is InChI=1S/C70H121NO10/c1-4-7-10-13-16-19-22-25-26-27-28-29-30-31-32-33-34-35-36-37-40-42-45-48-51-54-57-63(74)69(78)71-61(62(73)56-53-50-47-44-41-38-23-20-17-14-11-8-5-2)60-79-70-68(67(77)66(76)64(59-72)80-70)81-65(75)58-55-52-49-46-43-39-24-21-18-15-12-9-6-3/h9,12,15-16,18-19,21,24-26,28-29,31-32,53,56,61-64,66-68,70,72-74,76-77H,4-8,10-11,13-14,17,20,22-23,27,30,33-52,54-55,57-60H2,1-3H3,(H,71,78)/b12-9+,18-15+,19-16-,24-21-,26-25-,29-28-,32-31-,56-53+. The third-order valence-corrected chi connectivity index (χ3v) is 15.0. The number of carbonyl (C=O) groups is 2. The second kappa shape index (κ2) is 57.0. The highest BCUT2D eigenvalue weighted by Gasteiger charge is 2.47. The SMILES string of the molecule is CC/C=C/C=C/C=C\CCCCCCCC(=O)OC1C(OCC(NC(=O)C(O)CCCCCCCCCCCC/C=C\C/C=C\C/C=C\C/C=C\CCCCC)C(O)/C=C/CCCCCCCCCCCCC)OC(CO)C(O)C1O. The summed E-state index contributed by atoms with van der Waals surface area (Å²) >= 11 is 0. The van der Waals surface area contributed by atoms with Crippen LogP contribution in [0.15, 0.2) is 97.2 Å². The molecular weight excluding hydrogens is 1010 g/mol. The minimum atomic E-state index is -1.63. The van der Waals surface area contributed by atoms with Crippen molar-refractivity contribution in [2.45, 2.75) is 320 Å². The van der Waals surface area contributed by atoms with Gasteiger partial charge in [-0.25, -0.2) is 0 Å². The molecule has 1 saturated heterocycles. The molecule has 1 rings (SSSR count). The monoisotopic (exact) mass is 1140 g/mol. The van der Waals surface area contributed by atoms with Crippen molar-refractivity contribution >= 4 is 11.9 Å². The second-order valence-electron chi connectivity index (χ2n) is 22.5. The van der Waals surface area contributed by atoms with Crippen molar-refractivity contribution in [3.8, 4) is 0 Å². The molecule has 1 heterocycles. The van der Waals surface area contributed by atoms with Crippen LogP contribution in [0.4, 0.5) is 0 Å². The molecule has 1 fully saturated rings. The van der Waals surface area contributed by atoms with Gasteiger partial charge in [0.2, 0.25) is 5.91 Å². The van der Waals surface area contributed by atoms with E-state index in [2.05, 4.69) is 92.9 Å². The molecule has 11 nitrogen and oxygen atoms in total. The number of rotatable bonds is 55. The smallest absolute Gasteiger partial charge is 0.306 e. The van der Waals surface area contributed by atoms with E-state index in [-0.39, 0.29) is 19.4 Å². The summed E-state index contributed by atoms with van der Waals surface area (Å²) in [7, 11) is 0.